The molecule has 0 bridgehead atoms. The van der Waals surface area contributed by atoms with Crippen LogP contribution in [0.15, 0.2) is 30.3 Å². The van der Waals surface area contributed by atoms with Gasteiger partial charge in [0.15, 0.2) is 0 Å². The Balaban J connectivity index is 1.79. The van der Waals surface area contributed by atoms with E-state index in [1.807, 2.05) is 0 Å². The first-order chi connectivity index (χ1) is 11.6. The largest absolute Gasteiger partial charge is 0.465 e. The highest BCUT2D eigenvalue weighted by molar-refractivity contribution is 5.94. The van der Waals surface area contributed by atoms with Crippen molar-refractivity contribution in [1.29, 1.82) is 0 Å². The molecule has 24 heavy (non-hydrogen) atoms. The Morgan fingerprint density at radius 3 is 2.42 bits per heavy atom. The zero-order valence-electron chi connectivity index (χ0n) is 13.8. The van der Waals surface area contributed by atoms with Crippen LogP contribution in [-0.2, 0) is 14.3 Å². The standard InChI is InChI=1S/C18H22N2O4/c1-24-18(23)15-8-5-14(6-9-15)7-10-16(21)19-13-17(22)20-11-3-2-4-12-20/h5-10H,2-4,11-13H2,1H3,(H,19,21). The van der Waals surface area contributed by atoms with Gasteiger partial charge in [-0.15, -0.1) is 0 Å². The van der Waals surface area contributed by atoms with E-state index in [0.29, 0.717) is 5.56 Å². The Morgan fingerprint density at radius 2 is 1.79 bits per heavy atom. The Kier molecular flexibility index (Phi) is 6.54. The minimum absolute atomic E-state index is 0.0183. The molecule has 0 atom stereocenters. The number of hydrogen-bond acceptors (Lipinski definition) is 4. The lowest BCUT2D eigenvalue weighted by atomic mass is 10.1. The van der Waals surface area contributed by atoms with Crippen LogP contribution in [-0.4, -0.2) is 49.4 Å². The average molecular weight is 330 g/mol. The van der Waals surface area contributed by atoms with Crippen molar-refractivity contribution < 1.29 is 19.1 Å². The fourth-order valence-electron chi connectivity index (χ4n) is 2.50. The van der Waals surface area contributed by atoms with Crippen molar-refractivity contribution in [1.82, 2.24) is 10.2 Å². The van der Waals surface area contributed by atoms with Gasteiger partial charge in [0.1, 0.15) is 0 Å². The number of carbonyl (C=O) groups excluding carboxylic acids is 3. The molecule has 1 heterocycles. The maximum atomic E-state index is 11.9. The number of ether oxygens (including phenoxy) is 1. The highest BCUT2D eigenvalue weighted by Gasteiger charge is 2.16. The Labute approximate surface area is 141 Å². The minimum Gasteiger partial charge on any atom is -0.465 e. The zero-order valence-corrected chi connectivity index (χ0v) is 13.8. The Bertz CT molecular complexity index is 616. The SMILES string of the molecule is COC(=O)c1ccc(C=CC(=O)NCC(=O)N2CCCCC2)cc1. The average Bonchev–Trinajstić information content (AvgIpc) is 2.64. The summed E-state index contributed by atoms with van der Waals surface area (Å²) in [6, 6.07) is 6.69. The second-order valence-electron chi connectivity index (χ2n) is 5.61. The predicted molar refractivity (Wildman–Crippen MR) is 90.3 cm³/mol. The van der Waals surface area contributed by atoms with Crippen LogP contribution < -0.4 is 5.32 Å². The normalized spacial score (nSPS) is 14.5. The molecule has 1 aromatic carbocycles. The second kappa shape index (κ2) is 8.86. The third-order valence-corrected chi connectivity index (χ3v) is 3.88. The van der Waals surface area contributed by atoms with E-state index in [0.717, 1.165) is 37.9 Å². The number of nitrogens with zero attached hydrogens (tertiary/aromatic N) is 1. The summed E-state index contributed by atoms with van der Waals surface area (Å²) >= 11 is 0. The third kappa shape index (κ3) is 5.22. The molecular formula is C18H22N2O4. The molecule has 0 spiro atoms. The summed E-state index contributed by atoms with van der Waals surface area (Å²) in [5, 5.41) is 2.60. The van der Waals surface area contributed by atoms with Crippen molar-refractivity contribution in [3.8, 4) is 0 Å². The fraction of sp³-hybridized carbons (Fsp3) is 0.389. The number of methoxy groups -OCH3 is 1. The van der Waals surface area contributed by atoms with Crippen molar-refractivity contribution in [3.63, 3.8) is 0 Å². The van der Waals surface area contributed by atoms with Gasteiger partial charge in [-0.3, -0.25) is 9.59 Å². The molecule has 0 aliphatic carbocycles. The number of hydrogen-bond donors (Lipinski definition) is 1. The smallest absolute Gasteiger partial charge is 0.337 e. The zero-order chi connectivity index (χ0) is 17.4. The highest BCUT2D eigenvalue weighted by Crippen LogP contribution is 2.09. The van der Waals surface area contributed by atoms with Crippen LogP contribution in [0.5, 0.6) is 0 Å². The summed E-state index contributed by atoms with van der Waals surface area (Å²) in [5.74, 6) is -0.768. The van der Waals surface area contributed by atoms with Crippen LogP contribution in [0.1, 0.15) is 35.2 Å². The topological polar surface area (TPSA) is 75.7 Å². The van der Waals surface area contributed by atoms with E-state index < -0.39 is 5.97 Å². The van der Waals surface area contributed by atoms with E-state index in [1.165, 1.54) is 13.2 Å². The minimum atomic E-state index is -0.403. The molecule has 1 saturated heterocycles. The van der Waals surface area contributed by atoms with Crippen LogP contribution in [0.4, 0.5) is 0 Å². The lowest BCUT2D eigenvalue weighted by Gasteiger charge is -2.26. The molecule has 0 saturated carbocycles. The highest BCUT2D eigenvalue weighted by atomic mass is 16.5. The number of likely N-dealkylation sites (tertiary alicyclic amines) is 1. The number of esters is 1. The van der Waals surface area contributed by atoms with E-state index in [-0.39, 0.29) is 18.4 Å². The summed E-state index contributed by atoms with van der Waals surface area (Å²) in [4.78, 5) is 36.9. The first-order valence-corrected chi connectivity index (χ1v) is 8.02. The number of benzene rings is 1. The first-order valence-electron chi connectivity index (χ1n) is 8.02. The van der Waals surface area contributed by atoms with Gasteiger partial charge < -0.3 is 15.0 Å². The van der Waals surface area contributed by atoms with Crippen molar-refractivity contribution in [3.05, 3.63) is 41.5 Å². The molecule has 2 amide bonds. The van der Waals surface area contributed by atoms with Crippen LogP contribution in [0.3, 0.4) is 0 Å². The molecule has 128 valence electrons. The second-order valence-corrected chi connectivity index (χ2v) is 5.61. The van der Waals surface area contributed by atoms with Gasteiger partial charge in [-0.25, -0.2) is 4.79 Å². The van der Waals surface area contributed by atoms with Crippen molar-refractivity contribution in [2.75, 3.05) is 26.7 Å². The molecule has 0 radical (unpaired) electrons. The number of nitrogens with one attached hydrogen (secondary N) is 1. The van der Waals surface area contributed by atoms with Crippen LogP contribution in [0.25, 0.3) is 6.08 Å². The molecule has 1 fully saturated rings. The molecule has 1 aromatic rings. The lowest BCUT2D eigenvalue weighted by molar-refractivity contribution is -0.132. The van der Waals surface area contributed by atoms with Crippen molar-refractivity contribution in [2.45, 2.75) is 19.3 Å². The maximum Gasteiger partial charge on any atom is 0.337 e. The number of carbonyl (C=O) groups is 3. The van der Waals surface area contributed by atoms with Crippen molar-refractivity contribution in [2.24, 2.45) is 0 Å². The molecule has 1 aliphatic heterocycles. The number of piperidine rings is 1. The van der Waals surface area contributed by atoms with Gasteiger partial charge >= 0.3 is 5.97 Å². The molecule has 2 rings (SSSR count). The summed E-state index contributed by atoms with van der Waals surface area (Å²) in [6.07, 6.45) is 6.22. The molecule has 1 aliphatic rings. The molecule has 0 aromatic heterocycles. The van der Waals surface area contributed by atoms with E-state index in [1.54, 1.807) is 35.2 Å². The van der Waals surface area contributed by atoms with Crippen LogP contribution in [0, 0.1) is 0 Å². The third-order valence-electron chi connectivity index (χ3n) is 3.88. The maximum absolute atomic E-state index is 11.9. The quantitative estimate of drug-likeness (QED) is 0.657. The Morgan fingerprint density at radius 1 is 1.12 bits per heavy atom. The summed E-state index contributed by atoms with van der Waals surface area (Å²) in [5.41, 5.74) is 1.23. The first kappa shape index (κ1) is 17.7. The van der Waals surface area contributed by atoms with Gasteiger partial charge in [-0.05, 0) is 43.0 Å². The van der Waals surface area contributed by atoms with E-state index in [4.69, 9.17) is 0 Å². The number of amides is 2. The molecule has 6 nitrogen and oxygen atoms in total. The van der Waals surface area contributed by atoms with E-state index in [9.17, 15) is 14.4 Å². The predicted octanol–water partition coefficient (Wildman–Crippen LogP) is 1.62. The van der Waals surface area contributed by atoms with E-state index in [2.05, 4.69) is 10.1 Å². The summed E-state index contributed by atoms with van der Waals surface area (Å²) < 4.78 is 4.62. The van der Waals surface area contributed by atoms with Gasteiger partial charge in [0, 0.05) is 19.2 Å². The molecule has 0 unspecified atom stereocenters. The van der Waals surface area contributed by atoms with Gasteiger partial charge in [0.2, 0.25) is 11.8 Å². The molecule has 1 N–H and O–H groups in total. The van der Waals surface area contributed by atoms with Gasteiger partial charge in [0.25, 0.3) is 0 Å². The molecule has 6 heteroatoms. The molecular weight excluding hydrogens is 308 g/mol. The monoisotopic (exact) mass is 330 g/mol. The summed E-state index contributed by atoms with van der Waals surface area (Å²) in [7, 11) is 1.33. The van der Waals surface area contributed by atoms with Gasteiger partial charge in [0.05, 0.1) is 19.2 Å². The summed E-state index contributed by atoms with van der Waals surface area (Å²) in [6.45, 7) is 1.57. The number of rotatable bonds is 5. The van der Waals surface area contributed by atoms with Crippen molar-refractivity contribution >= 4 is 23.9 Å². The van der Waals surface area contributed by atoms with Crippen LogP contribution >= 0.6 is 0 Å². The Hall–Kier alpha value is -2.63. The van der Waals surface area contributed by atoms with E-state index >= 15 is 0 Å². The van der Waals surface area contributed by atoms with Gasteiger partial charge in [-0.1, -0.05) is 12.1 Å². The fourth-order valence-corrected chi connectivity index (χ4v) is 2.50. The van der Waals surface area contributed by atoms with Crippen LogP contribution in [0.2, 0.25) is 0 Å². The van der Waals surface area contributed by atoms with Gasteiger partial charge in [-0.2, -0.15) is 0 Å². The lowest BCUT2D eigenvalue weighted by Crippen LogP contribution is -2.42.